The molecule has 0 heterocycles. The van der Waals surface area contributed by atoms with E-state index in [0.717, 1.165) is 114 Å². The fourth-order valence-electron chi connectivity index (χ4n) is 15.9. The van der Waals surface area contributed by atoms with E-state index in [1.54, 1.807) is 0 Å². The number of benzene rings is 4. The van der Waals surface area contributed by atoms with Gasteiger partial charge < -0.3 is 37.9 Å². The predicted molar refractivity (Wildman–Crippen MR) is 548 cm³/mol. The van der Waals surface area contributed by atoms with Gasteiger partial charge in [0.05, 0.1) is 97.4 Å². The third-order valence-electron chi connectivity index (χ3n) is 24.1. The molecule has 706 valence electrons. The lowest BCUT2D eigenvalue weighted by molar-refractivity contribution is 0.294. The molecule has 8 nitrogen and oxygen atoms in total. The summed E-state index contributed by atoms with van der Waals surface area (Å²) in [6, 6.07) is 15.9. The molecule has 4 aromatic carbocycles. The summed E-state index contributed by atoms with van der Waals surface area (Å²) in [5.41, 5.74) is 5.55. The van der Waals surface area contributed by atoms with Crippen LogP contribution in [0, 0.1) is 95.7 Å². The fourth-order valence-corrected chi connectivity index (χ4v) is 15.9. The second-order valence-electron chi connectivity index (χ2n) is 35.8. The van der Waals surface area contributed by atoms with E-state index in [0.29, 0.717) is 132 Å². The molecule has 8 heteroatoms. The number of hydrogen-bond acceptors (Lipinski definition) is 8. The van der Waals surface area contributed by atoms with Crippen molar-refractivity contribution in [3.63, 3.8) is 0 Å². The van der Waals surface area contributed by atoms with E-state index >= 15 is 0 Å². The lowest BCUT2D eigenvalue weighted by Gasteiger charge is -2.15. The second-order valence-corrected chi connectivity index (χ2v) is 35.8. The van der Waals surface area contributed by atoms with Crippen LogP contribution < -0.4 is 37.9 Å². The van der Waals surface area contributed by atoms with Gasteiger partial charge in [0.1, 0.15) is 46.0 Å². The van der Waals surface area contributed by atoms with Crippen molar-refractivity contribution in [3.05, 3.63) is 93.0 Å². The Morgan fingerprint density at radius 1 is 0.148 bits per heavy atom. The van der Waals surface area contributed by atoms with Crippen LogP contribution in [0.2, 0.25) is 0 Å². The van der Waals surface area contributed by atoms with E-state index in [-0.39, 0.29) is 0 Å². The third kappa shape index (κ3) is 56.4. The van der Waals surface area contributed by atoms with Crippen LogP contribution in [0.4, 0.5) is 0 Å². The van der Waals surface area contributed by atoms with Crippen LogP contribution in [0.1, 0.15) is 511 Å². The Morgan fingerprint density at radius 2 is 0.266 bits per heavy atom. The molecule has 128 heavy (non-hydrogen) atoms. The summed E-state index contributed by atoms with van der Waals surface area (Å²) in [6.07, 6.45) is 89.5. The summed E-state index contributed by atoms with van der Waals surface area (Å²) in [5, 5.41) is 0. The molecule has 0 amide bonds. The molecule has 0 aliphatic heterocycles. The fraction of sp³-hybridized carbons (Fsp3) is 0.667. The highest BCUT2D eigenvalue weighted by Gasteiger charge is 2.18. The van der Waals surface area contributed by atoms with Gasteiger partial charge in [-0.15, -0.1) is 12.8 Å². The van der Waals surface area contributed by atoms with Crippen molar-refractivity contribution < 1.29 is 37.9 Å². The monoisotopic (exact) mass is 1750 g/mol. The van der Waals surface area contributed by atoms with E-state index in [1.165, 1.54) is 308 Å². The van der Waals surface area contributed by atoms with Crippen LogP contribution >= 0.6 is 0 Å². The number of ether oxygens (including phenoxy) is 8. The van der Waals surface area contributed by atoms with Crippen molar-refractivity contribution in [2.75, 3.05) is 52.9 Å². The van der Waals surface area contributed by atoms with Crippen molar-refractivity contribution in [2.24, 2.45) is 0 Å². The highest BCUT2D eigenvalue weighted by molar-refractivity contribution is 5.65. The standard InChI is InChI=1S/C120H178O8/c1-11-21-29-37-45-55-65-75-89-121-113-101-109(115(97-105(113)19-9)123-91-77-67-57-47-39-31-23-13-3)85-87-111-103-117(125-93-79-69-59-49-41-33-25-15-5)107(99-119(111)127-95-81-71-61-51-43-35-27-17-7)83-73-63-53-54-64-74-84-108-100-120(128-96-82-72-62-52-44-36-28-18-8)112(104-118(108)126-94-80-70-60-50-42-34-26-16-6)88-86-110-102-114(122-90-76-66-56-46-38-30-22-12-2)106(20-10)98-116(110)124-92-78-68-58-48-40-32-24-14-4/h9-10,97-104H,11-18,21-52,55-62,65-72,75-82,89-96H2,1-8H3. The Hall–Kier alpha value is -8.24. The van der Waals surface area contributed by atoms with E-state index in [9.17, 15) is 0 Å². The molecule has 0 saturated carbocycles. The van der Waals surface area contributed by atoms with Crippen LogP contribution in [0.25, 0.3) is 0 Å². The molecule has 0 atom stereocenters. The first-order chi connectivity index (χ1) is 63.3. The summed E-state index contributed by atoms with van der Waals surface area (Å²) in [6.45, 7) is 22.7. The SMILES string of the molecule is C#Cc1cc(OCCCCCCCCCC)c(C#Cc2cc(OCCCCCCCCCC)c(C#CC#CC#CC#Cc3cc(OCCCCCCCCCC)c(C#Cc4cc(OCCCCCCCCCC)c(C#C)cc4OCCCCCCCCCC)cc3OCCCCCCCCCC)cc2OCCCCCCCCCC)cc1OCCCCCCCCCC. The zero-order valence-electron chi connectivity index (χ0n) is 83.0. The summed E-state index contributed by atoms with van der Waals surface area (Å²) >= 11 is 0. The highest BCUT2D eigenvalue weighted by Crippen LogP contribution is 2.36. The molecule has 0 unspecified atom stereocenters. The lowest BCUT2D eigenvalue weighted by Crippen LogP contribution is -2.04. The minimum atomic E-state index is 0.539. The van der Waals surface area contributed by atoms with E-state index in [4.69, 9.17) is 50.7 Å². The first-order valence-electron chi connectivity index (χ1n) is 53.0. The summed E-state index contributed by atoms with van der Waals surface area (Å²) in [5.74, 6) is 50.5. The average Bonchev–Trinajstić information content (AvgIpc) is 0.817. The van der Waals surface area contributed by atoms with Crippen LogP contribution in [0.3, 0.4) is 0 Å². The van der Waals surface area contributed by atoms with Gasteiger partial charge in [-0.25, -0.2) is 0 Å². The quantitative estimate of drug-likeness (QED) is 0.0320. The molecule has 0 aliphatic carbocycles. The van der Waals surface area contributed by atoms with Gasteiger partial charge in [0.25, 0.3) is 0 Å². The molecular weight excluding hydrogens is 1570 g/mol. The van der Waals surface area contributed by atoms with E-state index in [2.05, 4.69) is 138 Å². The van der Waals surface area contributed by atoms with Gasteiger partial charge in [0, 0.05) is 48.5 Å². The number of unbranched alkanes of at least 4 members (excludes halogenated alkanes) is 56. The van der Waals surface area contributed by atoms with Crippen molar-refractivity contribution >= 4 is 0 Å². The van der Waals surface area contributed by atoms with Crippen LogP contribution in [0.15, 0.2) is 48.5 Å². The Balaban J connectivity index is 1.89. The second kappa shape index (κ2) is 82.0. The van der Waals surface area contributed by atoms with Gasteiger partial charge in [0.15, 0.2) is 0 Å². The molecule has 0 bridgehead atoms. The molecule has 4 rings (SSSR count). The van der Waals surface area contributed by atoms with E-state index in [1.807, 2.05) is 48.5 Å². The van der Waals surface area contributed by atoms with Crippen molar-refractivity contribution in [2.45, 2.75) is 466 Å². The van der Waals surface area contributed by atoms with Gasteiger partial charge >= 0.3 is 0 Å². The van der Waals surface area contributed by atoms with E-state index < -0.39 is 0 Å². The van der Waals surface area contributed by atoms with Gasteiger partial charge in [-0.3, -0.25) is 0 Å². The van der Waals surface area contributed by atoms with Gasteiger partial charge in [-0.05, 0) is 98.7 Å². The first kappa shape index (κ1) is 112. The molecule has 0 saturated heterocycles. The van der Waals surface area contributed by atoms with Crippen LogP contribution in [-0.4, -0.2) is 52.9 Å². The zero-order chi connectivity index (χ0) is 91.4. The first-order valence-corrected chi connectivity index (χ1v) is 53.0. The smallest absolute Gasteiger partial charge is 0.136 e. The average molecular weight is 1750 g/mol. The molecule has 0 fully saturated rings. The number of hydrogen-bond donors (Lipinski definition) is 0. The maximum atomic E-state index is 6.81. The zero-order valence-corrected chi connectivity index (χ0v) is 83.0. The Bertz CT molecular complexity index is 3720. The van der Waals surface area contributed by atoms with Crippen molar-refractivity contribution in [1.29, 1.82) is 0 Å². The predicted octanol–water partition coefficient (Wildman–Crippen LogP) is 34.0. The summed E-state index contributed by atoms with van der Waals surface area (Å²) in [7, 11) is 0. The Morgan fingerprint density at radius 3 is 0.414 bits per heavy atom. The molecule has 0 radical (unpaired) electrons. The molecule has 0 aromatic heterocycles. The molecular formula is C120H178O8. The van der Waals surface area contributed by atoms with Crippen molar-refractivity contribution in [1.82, 2.24) is 0 Å². The van der Waals surface area contributed by atoms with Gasteiger partial charge in [-0.2, -0.15) is 0 Å². The minimum absolute atomic E-state index is 0.539. The minimum Gasteiger partial charge on any atom is -0.492 e. The maximum absolute atomic E-state index is 6.81. The molecule has 0 spiro atoms. The summed E-state index contributed by atoms with van der Waals surface area (Å²) in [4.78, 5) is 0. The topological polar surface area (TPSA) is 73.8 Å². The molecule has 0 aliphatic rings. The van der Waals surface area contributed by atoms with Crippen LogP contribution in [-0.2, 0) is 0 Å². The Labute approximate surface area is 787 Å². The highest BCUT2D eigenvalue weighted by atomic mass is 16.5. The third-order valence-corrected chi connectivity index (χ3v) is 24.1. The number of rotatable bonds is 80. The largest absolute Gasteiger partial charge is 0.492 e. The maximum Gasteiger partial charge on any atom is 0.136 e. The molecule has 4 aromatic rings. The summed E-state index contributed by atoms with van der Waals surface area (Å²) < 4.78 is 53.6. The Kier molecular flexibility index (Phi) is 71.8. The lowest BCUT2D eigenvalue weighted by atomic mass is 10.1. The van der Waals surface area contributed by atoms with Crippen LogP contribution in [0.5, 0.6) is 46.0 Å². The van der Waals surface area contributed by atoms with Gasteiger partial charge in [-0.1, -0.05) is 450 Å². The molecule has 0 N–H and O–H groups in total. The van der Waals surface area contributed by atoms with Gasteiger partial charge in [0.2, 0.25) is 0 Å². The van der Waals surface area contributed by atoms with Crippen molar-refractivity contribution in [3.8, 4) is 142 Å². The normalized spacial score (nSPS) is 10.6. The number of terminal acetylenes is 2.